The van der Waals surface area contributed by atoms with Crippen molar-refractivity contribution >= 4 is 21.4 Å². The molecule has 1 aromatic rings. The van der Waals surface area contributed by atoms with Crippen molar-refractivity contribution in [3.05, 3.63) is 28.3 Å². The number of nitrogens with one attached hydrogen (secondary N) is 2. The second-order valence-corrected chi connectivity index (χ2v) is 6.92. The Morgan fingerprint density at radius 2 is 1.95 bits per heavy atom. The first-order chi connectivity index (χ1) is 9.69. The van der Waals surface area contributed by atoms with E-state index in [1.54, 1.807) is 0 Å². The number of hydrogen-bond acceptors (Lipinski definition) is 6. The van der Waals surface area contributed by atoms with Gasteiger partial charge in [0, 0.05) is 12.6 Å². The van der Waals surface area contributed by atoms with Gasteiger partial charge in [-0.3, -0.25) is 16.0 Å². The van der Waals surface area contributed by atoms with Gasteiger partial charge in [-0.15, -0.1) is 0 Å². The molecule has 21 heavy (non-hydrogen) atoms. The zero-order chi connectivity index (χ0) is 16.2. The first-order valence-electron chi connectivity index (χ1n) is 6.43. The van der Waals surface area contributed by atoms with Crippen LogP contribution in [0.5, 0.6) is 0 Å². The van der Waals surface area contributed by atoms with Crippen molar-refractivity contribution in [3.8, 4) is 0 Å². The molecule has 0 heterocycles. The maximum absolute atomic E-state index is 12.1. The summed E-state index contributed by atoms with van der Waals surface area (Å²) in [5, 5.41) is 10.9. The molecular weight excluding hydrogens is 296 g/mol. The zero-order valence-electron chi connectivity index (χ0n) is 12.2. The van der Waals surface area contributed by atoms with Crippen molar-refractivity contribution in [2.45, 2.75) is 25.7 Å². The SMILES string of the molecule is CC(C)C(C)CNS(=O)(=O)c1ccc(NN)c([N+](=O)[O-])c1. The Balaban J connectivity index is 3.04. The fraction of sp³-hybridized carbons (Fsp3) is 0.500. The molecule has 0 bridgehead atoms. The second-order valence-electron chi connectivity index (χ2n) is 5.15. The lowest BCUT2D eigenvalue weighted by molar-refractivity contribution is -0.384. The summed E-state index contributed by atoms with van der Waals surface area (Å²) < 4.78 is 26.8. The summed E-state index contributed by atoms with van der Waals surface area (Å²) in [6.07, 6.45) is 0. The molecule has 8 nitrogen and oxygen atoms in total. The third-order valence-corrected chi connectivity index (χ3v) is 4.79. The summed E-state index contributed by atoms with van der Waals surface area (Å²) in [6, 6.07) is 3.51. The summed E-state index contributed by atoms with van der Waals surface area (Å²) in [5.74, 6) is 5.64. The van der Waals surface area contributed by atoms with Gasteiger partial charge in [-0.25, -0.2) is 13.1 Å². The Kier molecular flexibility index (Phi) is 5.64. The molecule has 0 radical (unpaired) electrons. The van der Waals surface area contributed by atoms with Crippen LogP contribution >= 0.6 is 0 Å². The fourth-order valence-corrected chi connectivity index (χ4v) is 2.67. The van der Waals surface area contributed by atoms with Crippen molar-refractivity contribution in [2.75, 3.05) is 12.0 Å². The van der Waals surface area contributed by atoms with Gasteiger partial charge < -0.3 is 5.43 Å². The summed E-state index contributed by atoms with van der Waals surface area (Å²) in [5.41, 5.74) is 1.82. The van der Waals surface area contributed by atoms with Gasteiger partial charge in [0.1, 0.15) is 5.69 Å². The molecule has 9 heteroatoms. The average molecular weight is 316 g/mol. The van der Waals surface area contributed by atoms with Gasteiger partial charge in [0.2, 0.25) is 10.0 Å². The number of nitro groups is 1. The Morgan fingerprint density at radius 1 is 1.33 bits per heavy atom. The highest BCUT2D eigenvalue weighted by Gasteiger charge is 2.21. The summed E-state index contributed by atoms with van der Waals surface area (Å²) >= 11 is 0. The summed E-state index contributed by atoms with van der Waals surface area (Å²) in [4.78, 5) is 10.1. The van der Waals surface area contributed by atoms with E-state index < -0.39 is 20.6 Å². The molecule has 0 aliphatic heterocycles. The van der Waals surface area contributed by atoms with Crippen LogP contribution in [0.25, 0.3) is 0 Å². The molecule has 0 saturated carbocycles. The Labute approximate surface area is 123 Å². The molecule has 0 aliphatic rings. The predicted molar refractivity (Wildman–Crippen MR) is 80.1 cm³/mol. The topological polar surface area (TPSA) is 127 Å². The number of benzene rings is 1. The molecule has 0 amide bonds. The fourth-order valence-electron chi connectivity index (χ4n) is 1.51. The molecule has 1 unspecified atom stereocenters. The predicted octanol–water partition coefficient (Wildman–Crippen LogP) is 1.45. The van der Waals surface area contributed by atoms with E-state index >= 15 is 0 Å². The minimum absolute atomic E-state index is 0.0505. The van der Waals surface area contributed by atoms with E-state index in [1.165, 1.54) is 12.1 Å². The van der Waals surface area contributed by atoms with Gasteiger partial charge in [0.05, 0.1) is 9.82 Å². The standard InChI is InChI=1S/C12H20N4O4S/c1-8(2)9(3)7-14-21(19,20)10-4-5-11(15-13)12(6-10)16(17)18/h4-6,8-9,14-15H,7,13H2,1-3H3. The molecule has 1 atom stereocenters. The number of sulfonamides is 1. The first-order valence-corrected chi connectivity index (χ1v) is 7.92. The van der Waals surface area contributed by atoms with Crippen LogP contribution in [0.3, 0.4) is 0 Å². The molecule has 0 spiro atoms. The van der Waals surface area contributed by atoms with Crippen LogP contribution in [0.2, 0.25) is 0 Å². The van der Waals surface area contributed by atoms with Crippen molar-refractivity contribution in [2.24, 2.45) is 17.7 Å². The lowest BCUT2D eigenvalue weighted by atomic mass is 9.99. The summed E-state index contributed by atoms with van der Waals surface area (Å²) in [7, 11) is -3.79. The Morgan fingerprint density at radius 3 is 2.43 bits per heavy atom. The van der Waals surface area contributed by atoms with Gasteiger partial charge in [0.25, 0.3) is 5.69 Å². The summed E-state index contributed by atoms with van der Waals surface area (Å²) in [6.45, 7) is 6.18. The lowest BCUT2D eigenvalue weighted by Gasteiger charge is -2.16. The lowest BCUT2D eigenvalue weighted by Crippen LogP contribution is -2.30. The van der Waals surface area contributed by atoms with Crippen molar-refractivity contribution in [1.82, 2.24) is 4.72 Å². The van der Waals surface area contributed by atoms with Crippen LogP contribution in [0, 0.1) is 22.0 Å². The number of nitro benzene ring substituents is 1. The van der Waals surface area contributed by atoms with E-state index in [9.17, 15) is 18.5 Å². The van der Waals surface area contributed by atoms with E-state index in [2.05, 4.69) is 10.1 Å². The maximum Gasteiger partial charge on any atom is 0.294 e. The van der Waals surface area contributed by atoms with Crippen LogP contribution in [0.15, 0.2) is 23.1 Å². The minimum Gasteiger partial charge on any atom is -0.318 e. The highest BCUT2D eigenvalue weighted by Crippen LogP contribution is 2.26. The molecule has 1 aromatic carbocycles. The maximum atomic E-state index is 12.1. The highest BCUT2D eigenvalue weighted by atomic mass is 32.2. The molecule has 0 saturated heterocycles. The van der Waals surface area contributed by atoms with E-state index in [0.29, 0.717) is 5.92 Å². The van der Waals surface area contributed by atoms with E-state index in [4.69, 9.17) is 5.84 Å². The number of nitrogens with two attached hydrogens (primary N) is 1. The largest absolute Gasteiger partial charge is 0.318 e. The second kappa shape index (κ2) is 6.83. The Bertz CT molecular complexity index is 616. The molecule has 4 N–H and O–H groups in total. The zero-order valence-corrected chi connectivity index (χ0v) is 13.0. The van der Waals surface area contributed by atoms with Crippen LogP contribution in [-0.4, -0.2) is 19.9 Å². The van der Waals surface area contributed by atoms with Crippen LogP contribution in [0.4, 0.5) is 11.4 Å². The Hall–Kier alpha value is -1.71. The highest BCUT2D eigenvalue weighted by molar-refractivity contribution is 7.89. The normalized spacial score (nSPS) is 13.2. The number of anilines is 1. The minimum atomic E-state index is -3.79. The van der Waals surface area contributed by atoms with Crippen molar-refractivity contribution in [1.29, 1.82) is 0 Å². The molecule has 1 rings (SSSR count). The third kappa shape index (κ3) is 4.38. The molecule has 0 fully saturated rings. The first kappa shape index (κ1) is 17.3. The molecule has 118 valence electrons. The van der Waals surface area contributed by atoms with E-state index in [1.807, 2.05) is 20.8 Å². The van der Waals surface area contributed by atoms with E-state index in [-0.39, 0.29) is 23.0 Å². The van der Waals surface area contributed by atoms with Gasteiger partial charge >= 0.3 is 0 Å². The molecule has 0 aromatic heterocycles. The van der Waals surface area contributed by atoms with Crippen LogP contribution in [-0.2, 0) is 10.0 Å². The average Bonchev–Trinajstić information content (AvgIpc) is 2.43. The van der Waals surface area contributed by atoms with Crippen molar-refractivity contribution in [3.63, 3.8) is 0 Å². The number of nitrogen functional groups attached to an aromatic ring is 1. The third-order valence-electron chi connectivity index (χ3n) is 3.37. The number of hydrazine groups is 1. The molecule has 0 aliphatic carbocycles. The van der Waals surface area contributed by atoms with Gasteiger partial charge in [-0.05, 0) is 24.0 Å². The van der Waals surface area contributed by atoms with Crippen molar-refractivity contribution < 1.29 is 13.3 Å². The van der Waals surface area contributed by atoms with Gasteiger partial charge in [-0.1, -0.05) is 20.8 Å². The quantitative estimate of drug-likeness (QED) is 0.397. The molecular formula is C12H20N4O4S. The smallest absolute Gasteiger partial charge is 0.294 e. The number of hydrogen-bond donors (Lipinski definition) is 3. The number of rotatable bonds is 7. The van der Waals surface area contributed by atoms with Crippen LogP contribution in [0.1, 0.15) is 20.8 Å². The van der Waals surface area contributed by atoms with E-state index in [0.717, 1.165) is 6.07 Å². The van der Waals surface area contributed by atoms with Crippen LogP contribution < -0.4 is 16.0 Å². The monoisotopic (exact) mass is 316 g/mol. The number of nitrogens with zero attached hydrogens (tertiary/aromatic N) is 1. The van der Waals surface area contributed by atoms with Gasteiger partial charge in [-0.2, -0.15) is 0 Å². The van der Waals surface area contributed by atoms with Gasteiger partial charge in [0.15, 0.2) is 0 Å².